The summed E-state index contributed by atoms with van der Waals surface area (Å²) in [5, 5.41) is 15.2. The maximum atomic E-state index is 9.04. The van der Waals surface area contributed by atoms with E-state index in [1.54, 1.807) is 6.20 Å². The first kappa shape index (κ1) is 15.3. The molecule has 0 saturated heterocycles. The average Bonchev–Trinajstić information content (AvgIpc) is 2.63. The molecule has 0 fully saturated rings. The van der Waals surface area contributed by atoms with Crippen molar-refractivity contribution in [1.29, 1.82) is 5.26 Å². The Morgan fingerprint density at radius 2 is 1.67 bits per heavy atom. The molecule has 3 rings (SSSR count). The number of para-hydroxylation sites is 1. The van der Waals surface area contributed by atoms with Crippen molar-refractivity contribution in [1.82, 2.24) is 4.98 Å². The monoisotopic (exact) mass is 315 g/mol. The molecule has 0 saturated carbocycles. The zero-order valence-electron chi connectivity index (χ0n) is 12.8. The van der Waals surface area contributed by atoms with Crippen molar-refractivity contribution in [3.8, 4) is 17.6 Å². The Labute approximate surface area is 139 Å². The number of hydrogen-bond donors (Lipinski definition) is 2. The number of nitrogens with two attached hydrogens (primary N) is 2. The Balaban J connectivity index is 1.83. The molecule has 5 heteroatoms. The maximum Gasteiger partial charge on any atom is 0.214 e. The van der Waals surface area contributed by atoms with Crippen molar-refractivity contribution in [2.45, 2.75) is 0 Å². The van der Waals surface area contributed by atoms with Crippen LogP contribution >= 0.6 is 0 Å². The highest BCUT2D eigenvalue weighted by Crippen LogP contribution is 2.23. The summed E-state index contributed by atoms with van der Waals surface area (Å²) in [4.78, 5) is 4.01. The van der Waals surface area contributed by atoms with Crippen molar-refractivity contribution < 1.29 is 10.1 Å². The second-order valence-electron chi connectivity index (χ2n) is 5.11. The molecule has 0 bridgehead atoms. The van der Waals surface area contributed by atoms with Crippen molar-refractivity contribution in [2.24, 2.45) is 0 Å². The van der Waals surface area contributed by atoms with Crippen LogP contribution in [0.4, 0.5) is 5.69 Å². The van der Waals surface area contributed by atoms with E-state index in [1.165, 1.54) is 6.20 Å². The van der Waals surface area contributed by atoms with E-state index < -0.39 is 0 Å². The third-order valence-electron chi connectivity index (χ3n) is 3.54. The summed E-state index contributed by atoms with van der Waals surface area (Å²) in [7, 11) is 0. The topological polar surface area (TPSA) is 97.5 Å². The molecule has 3 aromatic rings. The molecule has 0 radical (unpaired) electrons. The van der Waals surface area contributed by atoms with Crippen molar-refractivity contribution in [3.05, 3.63) is 83.7 Å². The minimum absolute atomic E-state index is 0.305. The summed E-state index contributed by atoms with van der Waals surface area (Å²) in [5.74, 6) is 1.46. The van der Waals surface area contributed by atoms with Crippen molar-refractivity contribution >= 4 is 11.4 Å². The third-order valence-corrected chi connectivity index (χ3v) is 3.54. The average molecular weight is 315 g/mol. The summed E-state index contributed by atoms with van der Waals surface area (Å²) in [6.07, 6.45) is 2.97. The van der Waals surface area contributed by atoms with E-state index in [4.69, 9.17) is 21.1 Å². The highest BCUT2D eigenvalue weighted by Gasteiger charge is 2.16. The van der Waals surface area contributed by atoms with E-state index in [1.807, 2.05) is 60.7 Å². The lowest BCUT2D eigenvalue weighted by Gasteiger charge is -2.07. The number of nitrogens with zero attached hydrogens (tertiary/aromatic N) is 2. The lowest BCUT2D eigenvalue weighted by molar-refractivity contribution is -0.111. The maximum absolute atomic E-state index is 9.04. The standard InChI is InChI=1S/C19H14N4O/c20-10-14-11-23-12-17(19(14)22)18(21)13-6-8-16(9-7-13)24-15-4-2-1-3-5-15/h1-9,11-12,21H,(H2,22,23)/p+1. The van der Waals surface area contributed by atoms with Gasteiger partial charge in [0.25, 0.3) is 0 Å². The summed E-state index contributed by atoms with van der Waals surface area (Å²) >= 11 is 0. The van der Waals surface area contributed by atoms with Gasteiger partial charge < -0.3 is 10.5 Å². The van der Waals surface area contributed by atoms with Gasteiger partial charge in [-0.2, -0.15) is 5.26 Å². The zero-order valence-corrected chi connectivity index (χ0v) is 12.8. The van der Waals surface area contributed by atoms with Gasteiger partial charge in [0, 0.05) is 18.0 Å². The van der Waals surface area contributed by atoms with E-state index in [0.717, 1.165) is 11.3 Å². The number of rotatable bonds is 4. The molecule has 0 unspecified atom stereocenters. The smallest absolute Gasteiger partial charge is 0.214 e. The van der Waals surface area contributed by atoms with Gasteiger partial charge in [-0.1, -0.05) is 18.2 Å². The second kappa shape index (κ2) is 6.63. The molecule has 0 spiro atoms. The first-order valence-corrected chi connectivity index (χ1v) is 7.29. The highest BCUT2D eigenvalue weighted by atomic mass is 16.5. The number of nitriles is 1. The van der Waals surface area contributed by atoms with Crippen LogP contribution in [0.15, 0.2) is 67.0 Å². The van der Waals surface area contributed by atoms with Crippen LogP contribution in [-0.2, 0) is 0 Å². The fraction of sp³-hybridized carbons (Fsp3) is 0. The molecular formula is C19H15N4O+. The van der Waals surface area contributed by atoms with Gasteiger partial charge in [0.05, 0.1) is 16.8 Å². The van der Waals surface area contributed by atoms with E-state index in [0.29, 0.717) is 28.3 Å². The van der Waals surface area contributed by atoms with Gasteiger partial charge in [-0.25, -0.2) is 0 Å². The summed E-state index contributed by atoms with van der Waals surface area (Å²) in [6, 6.07) is 18.8. The molecule has 116 valence electrons. The molecule has 1 heterocycles. The largest absolute Gasteiger partial charge is 0.457 e. The van der Waals surface area contributed by atoms with Crippen LogP contribution in [0.5, 0.6) is 11.5 Å². The second-order valence-corrected chi connectivity index (χ2v) is 5.11. The van der Waals surface area contributed by atoms with E-state index in [-0.39, 0.29) is 0 Å². The van der Waals surface area contributed by atoms with Crippen LogP contribution < -0.4 is 15.9 Å². The Morgan fingerprint density at radius 3 is 2.33 bits per heavy atom. The van der Waals surface area contributed by atoms with Crippen molar-refractivity contribution in [3.63, 3.8) is 0 Å². The summed E-state index contributed by atoms with van der Waals surface area (Å²) in [5.41, 5.74) is 8.39. The molecule has 0 aliphatic rings. The predicted molar refractivity (Wildman–Crippen MR) is 91.5 cm³/mol. The number of aromatic nitrogens is 1. The Morgan fingerprint density at radius 1 is 1.00 bits per heavy atom. The van der Waals surface area contributed by atoms with Crippen molar-refractivity contribution in [2.75, 3.05) is 5.73 Å². The first-order valence-electron chi connectivity index (χ1n) is 7.29. The first-order chi connectivity index (χ1) is 11.7. The molecule has 0 aliphatic heterocycles. The molecule has 0 atom stereocenters. The molecule has 24 heavy (non-hydrogen) atoms. The Kier molecular flexibility index (Phi) is 4.21. The third kappa shape index (κ3) is 3.08. The molecule has 1 aromatic heterocycles. The lowest BCUT2D eigenvalue weighted by Crippen LogP contribution is -2.41. The van der Waals surface area contributed by atoms with E-state index in [9.17, 15) is 0 Å². The van der Waals surface area contributed by atoms with Crippen LogP contribution in [-0.4, -0.2) is 10.7 Å². The number of anilines is 1. The van der Waals surface area contributed by atoms with Crippen LogP contribution in [0.2, 0.25) is 0 Å². The van der Waals surface area contributed by atoms with Gasteiger partial charge in [-0.15, -0.1) is 0 Å². The van der Waals surface area contributed by atoms with Crippen LogP contribution in [0.25, 0.3) is 0 Å². The predicted octanol–water partition coefficient (Wildman–Crippen LogP) is 1.92. The zero-order chi connectivity index (χ0) is 16.9. The number of ether oxygens (including phenoxy) is 1. The Hall–Kier alpha value is -3.65. The molecule has 5 nitrogen and oxygen atoms in total. The highest BCUT2D eigenvalue weighted by molar-refractivity contribution is 6.12. The molecule has 0 amide bonds. The summed E-state index contributed by atoms with van der Waals surface area (Å²) < 4.78 is 5.75. The number of benzene rings is 2. The fourth-order valence-corrected chi connectivity index (χ4v) is 2.26. The van der Waals surface area contributed by atoms with Crippen LogP contribution in [0, 0.1) is 11.3 Å². The van der Waals surface area contributed by atoms with E-state index >= 15 is 0 Å². The van der Waals surface area contributed by atoms with Gasteiger partial charge >= 0.3 is 0 Å². The normalized spacial score (nSPS) is 9.96. The minimum Gasteiger partial charge on any atom is -0.457 e. The van der Waals surface area contributed by atoms with E-state index in [2.05, 4.69) is 4.98 Å². The van der Waals surface area contributed by atoms with Gasteiger partial charge in [0.1, 0.15) is 17.6 Å². The Bertz CT molecular complexity index is 912. The molecule has 0 aliphatic carbocycles. The molecule has 2 aromatic carbocycles. The lowest BCUT2D eigenvalue weighted by atomic mass is 10.0. The van der Waals surface area contributed by atoms with Gasteiger partial charge in [0.15, 0.2) is 0 Å². The van der Waals surface area contributed by atoms with Crippen LogP contribution in [0.1, 0.15) is 16.7 Å². The van der Waals surface area contributed by atoms with Gasteiger partial charge in [-0.05, 0) is 36.4 Å². The van der Waals surface area contributed by atoms with Crippen LogP contribution in [0.3, 0.4) is 0 Å². The SMILES string of the molecule is N#Cc1cncc(C(=[NH2+])c2ccc(Oc3ccccc3)cc2)c1N. The molecular weight excluding hydrogens is 300 g/mol. The molecule has 4 N–H and O–H groups in total. The quantitative estimate of drug-likeness (QED) is 0.719. The van der Waals surface area contributed by atoms with Gasteiger partial charge in [0.2, 0.25) is 5.71 Å². The fourth-order valence-electron chi connectivity index (χ4n) is 2.26. The minimum atomic E-state index is 0.305. The number of pyridine rings is 1. The number of hydrogen-bond acceptors (Lipinski definition) is 4. The van der Waals surface area contributed by atoms with Gasteiger partial charge in [-0.3, -0.25) is 10.4 Å². The summed E-state index contributed by atoms with van der Waals surface area (Å²) in [6.45, 7) is 0. The number of nitrogen functional groups attached to an aromatic ring is 1.